The van der Waals surface area contributed by atoms with E-state index in [1.165, 1.54) is 6.07 Å². The standard InChI is InChI=1S/C28H36ClN3O4/c1-17(2)36-24-11-10-20(14-21(24)29)27(35)32-22(12-13-33)26(34)19-8-6-18(7-9-19)23-16-30-25(31-23)15-28(3,4)5/h6-11,14,16-17,22,26,33-34H,12-13,15H2,1-5H3,(H,30,31)(H,32,35). The summed E-state index contributed by atoms with van der Waals surface area (Å²) in [6.07, 6.45) is 1.78. The molecule has 0 aliphatic carbocycles. The number of nitrogens with one attached hydrogen (secondary N) is 2. The number of carbonyl (C=O) groups is 1. The second-order valence-electron chi connectivity index (χ2n) is 10.5. The van der Waals surface area contributed by atoms with Crippen molar-refractivity contribution >= 4 is 17.5 Å². The normalized spacial score (nSPS) is 13.5. The van der Waals surface area contributed by atoms with Crippen LogP contribution in [0.5, 0.6) is 5.75 Å². The molecule has 0 spiro atoms. The van der Waals surface area contributed by atoms with Crippen LogP contribution >= 0.6 is 11.6 Å². The first-order chi connectivity index (χ1) is 17.0. The van der Waals surface area contributed by atoms with Gasteiger partial charge in [-0.15, -0.1) is 0 Å². The Hall–Kier alpha value is -2.87. The monoisotopic (exact) mass is 513 g/mol. The topological polar surface area (TPSA) is 107 Å². The van der Waals surface area contributed by atoms with Gasteiger partial charge in [0.25, 0.3) is 5.91 Å². The number of aromatic amines is 1. The third kappa shape index (κ3) is 7.56. The fraction of sp³-hybridized carbons (Fsp3) is 0.429. The SMILES string of the molecule is CC(C)Oc1ccc(C(=O)NC(CCO)C(O)c2ccc(-c3cnc(CC(C)(C)C)[nH]3)cc2)cc1Cl. The van der Waals surface area contributed by atoms with Gasteiger partial charge in [0.2, 0.25) is 0 Å². The van der Waals surface area contributed by atoms with Crippen molar-refractivity contribution in [1.29, 1.82) is 0 Å². The van der Waals surface area contributed by atoms with E-state index >= 15 is 0 Å². The zero-order chi connectivity index (χ0) is 26.5. The average molecular weight is 514 g/mol. The van der Waals surface area contributed by atoms with Gasteiger partial charge < -0.3 is 25.3 Å². The highest BCUT2D eigenvalue weighted by Gasteiger charge is 2.24. The van der Waals surface area contributed by atoms with Crippen LogP contribution in [0.4, 0.5) is 0 Å². The summed E-state index contributed by atoms with van der Waals surface area (Å²) in [6.45, 7) is 10.1. The number of ether oxygens (including phenoxy) is 1. The Balaban J connectivity index is 1.71. The number of hydrogen-bond donors (Lipinski definition) is 4. The van der Waals surface area contributed by atoms with Crippen LogP contribution in [0.15, 0.2) is 48.7 Å². The minimum atomic E-state index is -1.01. The van der Waals surface area contributed by atoms with Crippen molar-refractivity contribution in [1.82, 2.24) is 15.3 Å². The van der Waals surface area contributed by atoms with Gasteiger partial charge in [-0.25, -0.2) is 4.98 Å². The minimum absolute atomic E-state index is 0.0450. The van der Waals surface area contributed by atoms with E-state index < -0.39 is 18.1 Å². The Morgan fingerprint density at radius 2 is 1.86 bits per heavy atom. The van der Waals surface area contributed by atoms with Crippen molar-refractivity contribution in [3.05, 3.63) is 70.6 Å². The Morgan fingerprint density at radius 3 is 2.44 bits per heavy atom. The molecule has 7 nitrogen and oxygen atoms in total. The number of H-pyrrole nitrogens is 1. The lowest BCUT2D eigenvalue weighted by atomic mass is 9.92. The van der Waals surface area contributed by atoms with E-state index in [9.17, 15) is 15.0 Å². The van der Waals surface area contributed by atoms with Crippen LogP contribution < -0.4 is 10.1 Å². The molecule has 1 aromatic heterocycles. The van der Waals surface area contributed by atoms with Gasteiger partial charge >= 0.3 is 0 Å². The van der Waals surface area contributed by atoms with E-state index in [1.54, 1.807) is 12.1 Å². The summed E-state index contributed by atoms with van der Waals surface area (Å²) in [5.41, 5.74) is 2.94. The summed E-state index contributed by atoms with van der Waals surface area (Å²) in [5, 5.41) is 23.7. The molecular weight excluding hydrogens is 478 g/mol. The molecule has 0 saturated heterocycles. The lowest BCUT2D eigenvalue weighted by Gasteiger charge is -2.24. The quantitative estimate of drug-likeness (QED) is 0.293. The highest BCUT2D eigenvalue weighted by Crippen LogP contribution is 2.28. The lowest BCUT2D eigenvalue weighted by Crippen LogP contribution is -2.40. The molecule has 194 valence electrons. The Morgan fingerprint density at radius 1 is 1.17 bits per heavy atom. The van der Waals surface area contributed by atoms with Gasteiger partial charge in [-0.05, 0) is 55.0 Å². The van der Waals surface area contributed by atoms with Crippen molar-refractivity contribution in [3.8, 4) is 17.0 Å². The number of benzene rings is 2. The van der Waals surface area contributed by atoms with Crippen LogP contribution in [0.1, 0.15) is 68.9 Å². The van der Waals surface area contributed by atoms with Crippen LogP contribution in [0.3, 0.4) is 0 Å². The maximum atomic E-state index is 12.9. The number of amides is 1. The molecular formula is C28H36ClN3O4. The number of aromatic nitrogens is 2. The first-order valence-electron chi connectivity index (χ1n) is 12.2. The van der Waals surface area contributed by atoms with Crippen LogP contribution in [-0.2, 0) is 6.42 Å². The maximum Gasteiger partial charge on any atom is 0.251 e. The van der Waals surface area contributed by atoms with Crippen molar-refractivity contribution in [2.45, 2.75) is 65.7 Å². The van der Waals surface area contributed by atoms with Crippen molar-refractivity contribution < 1.29 is 19.7 Å². The summed E-state index contributed by atoms with van der Waals surface area (Å²) in [5.74, 6) is 1.03. The summed E-state index contributed by atoms with van der Waals surface area (Å²) in [7, 11) is 0. The number of halogens is 1. The molecule has 2 unspecified atom stereocenters. The molecule has 0 radical (unpaired) electrons. The smallest absolute Gasteiger partial charge is 0.251 e. The van der Waals surface area contributed by atoms with Crippen molar-refractivity contribution in [3.63, 3.8) is 0 Å². The molecule has 2 aromatic carbocycles. The Labute approximate surface area is 217 Å². The fourth-order valence-corrected chi connectivity index (χ4v) is 4.11. The molecule has 3 aromatic rings. The molecule has 0 fully saturated rings. The third-order valence-electron chi connectivity index (χ3n) is 5.58. The Kier molecular flexibility index (Phi) is 9.17. The molecule has 1 amide bonds. The zero-order valence-corrected chi connectivity index (χ0v) is 22.3. The summed E-state index contributed by atoms with van der Waals surface area (Å²) < 4.78 is 5.62. The van der Waals surface area contributed by atoms with Gasteiger partial charge in [0.15, 0.2) is 0 Å². The van der Waals surface area contributed by atoms with Gasteiger partial charge in [0.05, 0.1) is 35.2 Å². The van der Waals surface area contributed by atoms with E-state index in [1.807, 2.05) is 44.3 Å². The number of carbonyl (C=O) groups excluding carboxylic acids is 1. The van der Waals surface area contributed by atoms with Gasteiger partial charge in [-0.2, -0.15) is 0 Å². The van der Waals surface area contributed by atoms with E-state index in [0.29, 0.717) is 21.9 Å². The first-order valence-corrected chi connectivity index (χ1v) is 12.5. The molecule has 1 heterocycles. The largest absolute Gasteiger partial charge is 0.489 e. The second-order valence-corrected chi connectivity index (χ2v) is 10.9. The minimum Gasteiger partial charge on any atom is -0.489 e. The number of nitrogens with zero attached hydrogens (tertiary/aromatic N) is 1. The second kappa shape index (κ2) is 11.9. The van der Waals surface area contributed by atoms with Gasteiger partial charge in [-0.3, -0.25) is 4.79 Å². The Bertz CT molecular complexity index is 1150. The van der Waals surface area contributed by atoms with Gasteiger partial charge in [-0.1, -0.05) is 56.6 Å². The molecule has 0 saturated carbocycles. The van der Waals surface area contributed by atoms with Gasteiger partial charge in [0, 0.05) is 18.6 Å². The number of aliphatic hydroxyl groups excluding tert-OH is 2. The molecule has 2 atom stereocenters. The number of aliphatic hydroxyl groups is 2. The number of imidazole rings is 1. The van der Waals surface area contributed by atoms with E-state index in [0.717, 1.165) is 23.5 Å². The predicted molar refractivity (Wildman–Crippen MR) is 142 cm³/mol. The summed E-state index contributed by atoms with van der Waals surface area (Å²) in [4.78, 5) is 20.7. The summed E-state index contributed by atoms with van der Waals surface area (Å²) >= 11 is 6.27. The van der Waals surface area contributed by atoms with Crippen LogP contribution in [-0.4, -0.2) is 44.8 Å². The predicted octanol–water partition coefficient (Wildman–Crippen LogP) is 5.32. The van der Waals surface area contributed by atoms with Crippen molar-refractivity contribution in [2.24, 2.45) is 5.41 Å². The number of rotatable bonds is 10. The molecule has 0 aliphatic heterocycles. The van der Waals surface area contributed by atoms with E-state index in [-0.39, 0.29) is 24.5 Å². The van der Waals surface area contributed by atoms with Crippen molar-refractivity contribution in [2.75, 3.05) is 6.61 Å². The highest BCUT2D eigenvalue weighted by atomic mass is 35.5. The van der Waals surface area contributed by atoms with E-state index in [2.05, 4.69) is 36.1 Å². The number of hydrogen-bond acceptors (Lipinski definition) is 5. The molecule has 0 bridgehead atoms. The lowest BCUT2D eigenvalue weighted by molar-refractivity contribution is 0.0789. The summed E-state index contributed by atoms with van der Waals surface area (Å²) in [6, 6.07) is 11.5. The highest BCUT2D eigenvalue weighted by molar-refractivity contribution is 6.32. The molecule has 4 N–H and O–H groups in total. The van der Waals surface area contributed by atoms with Crippen LogP contribution in [0.25, 0.3) is 11.3 Å². The molecule has 36 heavy (non-hydrogen) atoms. The maximum absolute atomic E-state index is 12.9. The van der Waals surface area contributed by atoms with Gasteiger partial charge in [0.1, 0.15) is 11.6 Å². The fourth-order valence-electron chi connectivity index (χ4n) is 3.88. The van der Waals surface area contributed by atoms with Crippen LogP contribution in [0, 0.1) is 5.41 Å². The molecule has 3 rings (SSSR count). The third-order valence-corrected chi connectivity index (χ3v) is 5.88. The first kappa shape index (κ1) is 27.7. The molecule has 8 heteroatoms. The molecule has 0 aliphatic rings. The van der Waals surface area contributed by atoms with E-state index in [4.69, 9.17) is 16.3 Å². The zero-order valence-electron chi connectivity index (χ0n) is 21.5. The average Bonchev–Trinajstić information content (AvgIpc) is 3.26. The van der Waals surface area contributed by atoms with Crippen LogP contribution in [0.2, 0.25) is 5.02 Å².